The lowest BCUT2D eigenvalue weighted by molar-refractivity contribution is -0.122. The third kappa shape index (κ3) is 5.14. The summed E-state index contributed by atoms with van der Waals surface area (Å²) in [6, 6.07) is 12.7. The van der Waals surface area contributed by atoms with Gasteiger partial charge in [-0.05, 0) is 43.3 Å². The van der Waals surface area contributed by atoms with Gasteiger partial charge in [0.2, 0.25) is 5.91 Å². The van der Waals surface area contributed by atoms with Crippen molar-refractivity contribution in [2.45, 2.75) is 20.0 Å². The van der Waals surface area contributed by atoms with Crippen molar-refractivity contribution in [2.24, 2.45) is 0 Å². The molecule has 0 radical (unpaired) electrons. The van der Waals surface area contributed by atoms with Crippen LogP contribution in [-0.4, -0.2) is 22.9 Å². The SMILES string of the molecule is CC(=O)Nc1ccc(-c2csc(NC(=O)[C@@H](C)Oc3ccc(F)cc3)n2)cc1. The molecule has 3 aromatic rings. The van der Waals surface area contributed by atoms with Crippen LogP contribution in [0.3, 0.4) is 0 Å². The van der Waals surface area contributed by atoms with E-state index in [1.807, 2.05) is 17.5 Å². The van der Waals surface area contributed by atoms with Gasteiger partial charge >= 0.3 is 0 Å². The Morgan fingerprint density at radius 2 is 1.75 bits per heavy atom. The number of benzene rings is 2. The topological polar surface area (TPSA) is 80.3 Å². The van der Waals surface area contributed by atoms with E-state index in [0.29, 0.717) is 22.3 Å². The molecule has 3 rings (SSSR count). The Morgan fingerprint density at radius 3 is 2.39 bits per heavy atom. The standard InChI is InChI=1S/C20H18FN3O3S/c1-12(27-17-9-5-15(21)6-10-17)19(26)24-20-23-18(11-28-20)14-3-7-16(8-4-14)22-13(2)25/h3-12H,1-2H3,(H,22,25)(H,23,24,26)/t12-/m1/s1. The number of hydrogen-bond acceptors (Lipinski definition) is 5. The first-order chi connectivity index (χ1) is 13.4. The van der Waals surface area contributed by atoms with E-state index in [-0.39, 0.29) is 17.6 Å². The van der Waals surface area contributed by atoms with Crippen molar-refractivity contribution in [2.75, 3.05) is 10.6 Å². The van der Waals surface area contributed by atoms with Gasteiger partial charge in [-0.2, -0.15) is 0 Å². The van der Waals surface area contributed by atoms with Crippen molar-refractivity contribution in [3.05, 3.63) is 59.7 Å². The van der Waals surface area contributed by atoms with Gasteiger partial charge in [0, 0.05) is 23.6 Å². The van der Waals surface area contributed by atoms with Gasteiger partial charge in [-0.1, -0.05) is 12.1 Å². The zero-order valence-corrected chi connectivity index (χ0v) is 16.0. The number of aromatic nitrogens is 1. The minimum Gasteiger partial charge on any atom is -0.481 e. The van der Waals surface area contributed by atoms with Crippen molar-refractivity contribution in [1.82, 2.24) is 4.98 Å². The number of nitrogens with zero attached hydrogens (tertiary/aromatic N) is 1. The molecule has 8 heteroatoms. The van der Waals surface area contributed by atoms with Gasteiger partial charge in [0.05, 0.1) is 5.69 Å². The van der Waals surface area contributed by atoms with Crippen molar-refractivity contribution in [3.63, 3.8) is 0 Å². The first kappa shape index (κ1) is 19.5. The molecular formula is C20H18FN3O3S. The molecule has 0 saturated heterocycles. The number of halogens is 1. The average Bonchev–Trinajstić information content (AvgIpc) is 3.12. The molecule has 0 bridgehead atoms. The normalized spacial score (nSPS) is 11.5. The second-order valence-corrected chi connectivity index (χ2v) is 6.86. The van der Waals surface area contributed by atoms with Crippen LogP contribution in [0.1, 0.15) is 13.8 Å². The molecule has 0 aliphatic heterocycles. The maximum Gasteiger partial charge on any atom is 0.266 e. The van der Waals surface area contributed by atoms with E-state index in [0.717, 1.165) is 5.56 Å². The molecule has 6 nitrogen and oxygen atoms in total. The Balaban J connectivity index is 1.61. The minimum absolute atomic E-state index is 0.136. The first-order valence-corrected chi connectivity index (χ1v) is 9.35. The third-order valence-electron chi connectivity index (χ3n) is 3.73. The van der Waals surface area contributed by atoms with E-state index in [1.165, 1.54) is 42.5 Å². The summed E-state index contributed by atoms with van der Waals surface area (Å²) in [5, 5.41) is 7.69. The highest BCUT2D eigenvalue weighted by Gasteiger charge is 2.17. The van der Waals surface area contributed by atoms with Gasteiger partial charge in [-0.3, -0.25) is 14.9 Å². The number of carbonyl (C=O) groups is 2. The number of amides is 2. The number of anilines is 2. The molecule has 0 spiro atoms. The number of ether oxygens (including phenoxy) is 1. The van der Waals surface area contributed by atoms with Gasteiger partial charge in [0.15, 0.2) is 11.2 Å². The average molecular weight is 399 g/mol. The van der Waals surface area contributed by atoms with Crippen molar-refractivity contribution >= 4 is 34.0 Å². The van der Waals surface area contributed by atoms with Gasteiger partial charge in [0.25, 0.3) is 5.91 Å². The van der Waals surface area contributed by atoms with Crippen LogP contribution in [0.5, 0.6) is 5.75 Å². The molecule has 144 valence electrons. The van der Waals surface area contributed by atoms with Crippen molar-refractivity contribution in [3.8, 4) is 17.0 Å². The molecule has 0 aliphatic rings. The van der Waals surface area contributed by atoms with E-state index >= 15 is 0 Å². The highest BCUT2D eigenvalue weighted by molar-refractivity contribution is 7.14. The molecular weight excluding hydrogens is 381 g/mol. The van der Waals surface area contributed by atoms with Gasteiger partial charge < -0.3 is 10.1 Å². The molecule has 2 aromatic carbocycles. The van der Waals surface area contributed by atoms with Crippen LogP contribution < -0.4 is 15.4 Å². The summed E-state index contributed by atoms with van der Waals surface area (Å²) in [5.74, 6) is -0.456. The van der Waals surface area contributed by atoms with Crippen molar-refractivity contribution < 1.29 is 18.7 Å². The summed E-state index contributed by atoms with van der Waals surface area (Å²) < 4.78 is 18.4. The Labute approximate surface area is 165 Å². The Kier molecular flexibility index (Phi) is 6.00. The molecule has 0 saturated carbocycles. The predicted octanol–water partition coefficient (Wildman–Crippen LogP) is 4.31. The Hall–Kier alpha value is -3.26. The van der Waals surface area contributed by atoms with E-state index in [2.05, 4.69) is 15.6 Å². The van der Waals surface area contributed by atoms with E-state index in [1.54, 1.807) is 19.1 Å². The van der Waals surface area contributed by atoms with Crippen LogP contribution in [-0.2, 0) is 9.59 Å². The number of thiazole rings is 1. The lowest BCUT2D eigenvalue weighted by atomic mass is 10.1. The third-order valence-corrected chi connectivity index (χ3v) is 4.49. The lowest BCUT2D eigenvalue weighted by Gasteiger charge is -2.13. The fourth-order valence-corrected chi connectivity index (χ4v) is 3.09. The summed E-state index contributed by atoms with van der Waals surface area (Å²) >= 11 is 1.30. The molecule has 1 heterocycles. The summed E-state index contributed by atoms with van der Waals surface area (Å²) in [6.45, 7) is 3.05. The zero-order chi connectivity index (χ0) is 20.1. The smallest absolute Gasteiger partial charge is 0.266 e. The highest BCUT2D eigenvalue weighted by atomic mass is 32.1. The van der Waals surface area contributed by atoms with E-state index in [4.69, 9.17) is 4.74 Å². The Bertz CT molecular complexity index is 971. The molecule has 2 N–H and O–H groups in total. The fourth-order valence-electron chi connectivity index (χ4n) is 2.37. The molecule has 28 heavy (non-hydrogen) atoms. The number of nitrogens with one attached hydrogen (secondary N) is 2. The van der Waals surface area contributed by atoms with Gasteiger partial charge in [-0.25, -0.2) is 9.37 Å². The fraction of sp³-hybridized carbons (Fsp3) is 0.150. The quantitative estimate of drug-likeness (QED) is 0.647. The maximum absolute atomic E-state index is 12.9. The molecule has 2 amide bonds. The summed E-state index contributed by atoms with van der Waals surface area (Å²) in [7, 11) is 0. The predicted molar refractivity (Wildman–Crippen MR) is 107 cm³/mol. The molecule has 0 fully saturated rings. The molecule has 1 atom stereocenters. The first-order valence-electron chi connectivity index (χ1n) is 8.47. The zero-order valence-electron chi connectivity index (χ0n) is 15.2. The number of carbonyl (C=O) groups excluding carboxylic acids is 2. The van der Waals surface area contributed by atoms with Crippen LogP contribution in [0.25, 0.3) is 11.3 Å². The molecule has 0 aliphatic carbocycles. The second-order valence-electron chi connectivity index (χ2n) is 6.00. The summed E-state index contributed by atoms with van der Waals surface area (Å²) in [4.78, 5) is 27.8. The highest BCUT2D eigenvalue weighted by Crippen LogP contribution is 2.26. The van der Waals surface area contributed by atoms with E-state index in [9.17, 15) is 14.0 Å². The molecule has 0 unspecified atom stereocenters. The van der Waals surface area contributed by atoms with Crippen LogP contribution in [0.2, 0.25) is 0 Å². The summed E-state index contributed by atoms with van der Waals surface area (Å²) in [6.07, 6.45) is -0.769. The molecule has 1 aromatic heterocycles. The van der Waals surface area contributed by atoms with Crippen LogP contribution in [0, 0.1) is 5.82 Å². The lowest BCUT2D eigenvalue weighted by Crippen LogP contribution is -2.30. The number of rotatable bonds is 6. The minimum atomic E-state index is -0.769. The monoisotopic (exact) mass is 399 g/mol. The largest absolute Gasteiger partial charge is 0.481 e. The summed E-state index contributed by atoms with van der Waals surface area (Å²) in [5.41, 5.74) is 2.27. The number of hydrogen-bond donors (Lipinski definition) is 2. The van der Waals surface area contributed by atoms with Crippen LogP contribution >= 0.6 is 11.3 Å². The van der Waals surface area contributed by atoms with Gasteiger partial charge in [0.1, 0.15) is 11.6 Å². The van der Waals surface area contributed by atoms with Crippen LogP contribution in [0.4, 0.5) is 15.2 Å². The van der Waals surface area contributed by atoms with Gasteiger partial charge in [-0.15, -0.1) is 11.3 Å². The van der Waals surface area contributed by atoms with E-state index < -0.39 is 6.10 Å². The second kappa shape index (κ2) is 8.62. The Morgan fingerprint density at radius 1 is 1.07 bits per heavy atom. The van der Waals surface area contributed by atoms with Crippen molar-refractivity contribution in [1.29, 1.82) is 0 Å². The van der Waals surface area contributed by atoms with Crippen LogP contribution in [0.15, 0.2) is 53.9 Å². The maximum atomic E-state index is 12.9.